The minimum Gasteiger partial charge on any atom is -0.505 e. The van der Waals surface area contributed by atoms with Crippen LogP contribution in [0.1, 0.15) is 35.0 Å². The van der Waals surface area contributed by atoms with Gasteiger partial charge in [-0.15, -0.1) is 0 Å². The van der Waals surface area contributed by atoms with Crippen LogP contribution in [0.4, 0.5) is 0 Å². The van der Waals surface area contributed by atoms with Crippen molar-refractivity contribution >= 4 is 34.7 Å². The van der Waals surface area contributed by atoms with E-state index in [1.807, 2.05) is 42.6 Å². The fraction of sp³-hybridized carbons (Fsp3) is 0.370. The standard InChI is InChI=1S/C27H29ClN4O4/c1-17-6-4-10-31-18(2)22(29-26(17)31)24(33)21-23(19-7-3-8-20(28)16-19)32(27(35)25(21)34)11-5-9-30-12-14-36-15-13-30/h3-4,6-8,10,16,23,33H,5,9,11-15H2,1-2H3/b24-21+. The number of benzene rings is 1. The van der Waals surface area contributed by atoms with Crippen LogP contribution < -0.4 is 0 Å². The summed E-state index contributed by atoms with van der Waals surface area (Å²) in [7, 11) is 0. The maximum atomic E-state index is 13.4. The predicted octanol–water partition coefficient (Wildman–Crippen LogP) is 3.75. The number of morpholine rings is 1. The lowest BCUT2D eigenvalue weighted by atomic mass is 9.96. The van der Waals surface area contributed by atoms with Crippen LogP contribution in [0, 0.1) is 13.8 Å². The first-order chi connectivity index (χ1) is 17.4. The number of likely N-dealkylation sites (tertiary alicyclic amines) is 1. The summed E-state index contributed by atoms with van der Waals surface area (Å²) in [6, 6.07) is 10.2. The SMILES string of the molecule is Cc1cccn2c(C)c(/C(O)=C3\C(=O)C(=O)N(CCCN4CCOCC4)C3c3cccc(Cl)c3)nc12. The van der Waals surface area contributed by atoms with E-state index in [4.69, 9.17) is 16.3 Å². The molecule has 2 saturated heterocycles. The smallest absolute Gasteiger partial charge is 0.295 e. The molecule has 3 aromatic rings. The number of pyridine rings is 1. The second kappa shape index (κ2) is 10.0. The molecule has 0 bridgehead atoms. The first kappa shape index (κ1) is 24.5. The van der Waals surface area contributed by atoms with E-state index >= 15 is 0 Å². The van der Waals surface area contributed by atoms with Crippen molar-refractivity contribution in [3.8, 4) is 0 Å². The maximum Gasteiger partial charge on any atom is 0.295 e. The number of Topliss-reactive ketones (excluding diaryl/α,β-unsaturated/α-hetero) is 1. The Bertz CT molecular complexity index is 1360. The molecule has 2 aliphatic heterocycles. The number of aliphatic hydroxyl groups excluding tert-OH is 1. The highest BCUT2D eigenvalue weighted by Crippen LogP contribution is 2.40. The van der Waals surface area contributed by atoms with Crippen LogP contribution in [0.3, 0.4) is 0 Å². The average Bonchev–Trinajstić information content (AvgIpc) is 3.34. The largest absolute Gasteiger partial charge is 0.505 e. The number of carbonyl (C=O) groups is 2. The predicted molar refractivity (Wildman–Crippen MR) is 137 cm³/mol. The van der Waals surface area contributed by atoms with E-state index in [0.717, 1.165) is 25.2 Å². The van der Waals surface area contributed by atoms with Gasteiger partial charge in [-0.2, -0.15) is 0 Å². The number of aliphatic hydroxyl groups is 1. The van der Waals surface area contributed by atoms with E-state index in [1.165, 1.54) is 0 Å². The number of aromatic nitrogens is 2. The molecule has 0 saturated carbocycles. The molecular formula is C27H29ClN4O4. The van der Waals surface area contributed by atoms with E-state index < -0.39 is 17.7 Å². The number of nitrogens with zero attached hydrogens (tertiary/aromatic N) is 4. The van der Waals surface area contributed by atoms with Crippen LogP contribution in [0.5, 0.6) is 0 Å². The molecule has 36 heavy (non-hydrogen) atoms. The third-order valence-corrected chi connectivity index (χ3v) is 7.22. The molecule has 1 unspecified atom stereocenters. The third kappa shape index (κ3) is 4.40. The van der Waals surface area contributed by atoms with Crippen LogP contribution in [-0.2, 0) is 14.3 Å². The van der Waals surface area contributed by atoms with Crippen molar-refractivity contribution < 1.29 is 19.4 Å². The van der Waals surface area contributed by atoms with E-state index in [9.17, 15) is 14.7 Å². The Kier molecular flexibility index (Phi) is 6.83. The van der Waals surface area contributed by atoms with Crippen LogP contribution >= 0.6 is 11.6 Å². The number of ether oxygens (including phenoxy) is 1. The number of fused-ring (bicyclic) bond motifs is 1. The lowest BCUT2D eigenvalue weighted by Crippen LogP contribution is -2.38. The van der Waals surface area contributed by atoms with E-state index in [2.05, 4.69) is 9.88 Å². The van der Waals surface area contributed by atoms with Crippen LogP contribution in [0.2, 0.25) is 5.02 Å². The number of carbonyl (C=O) groups excluding carboxylic acids is 2. The van der Waals surface area contributed by atoms with E-state index in [1.54, 1.807) is 23.1 Å². The maximum absolute atomic E-state index is 13.4. The molecule has 5 rings (SSSR count). The van der Waals surface area contributed by atoms with Gasteiger partial charge in [-0.05, 0) is 49.6 Å². The quantitative estimate of drug-likeness (QED) is 0.310. The molecular weight excluding hydrogens is 480 g/mol. The van der Waals surface area contributed by atoms with Crippen molar-refractivity contribution in [2.24, 2.45) is 0 Å². The molecule has 1 atom stereocenters. The fourth-order valence-corrected chi connectivity index (χ4v) is 5.30. The topological polar surface area (TPSA) is 87.4 Å². The lowest BCUT2D eigenvalue weighted by Gasteiger charge is -2.29. The highest BCUT2D eigenvalue weighted by Gasteiger charge is 2.46. The van der Waals surface area contributed by atoms with Gasteiger partial charge >= 0.3 is 0 Å². The second-order valence-electron chi connectivity index (χ2n) is 9.29. The Morgan fingerprint density at radius 3 is 2.64 bits per heavy atom. The van der Waals surface area contributed by atoms with Crippen molar-refractivity contribution in [2.75, 3.05) is 39.4 Å². The molecule has 0 aliphatic carbocycles. The third-order valence-electron chi connectivity index (χ3n) is 6.99. The summed E-state index contributed by atoms with van der Waals surface area (Å²) in [4.78, 5) is 35.1. The highest BCUT2D eigenvalue weighted by molar-refractivity contribution is 6.46. The van der Waals surface area contributed by atoms with E-state index in [-0.39, 0.29) is 11.3 Å². The second-order valence-corrected chi connectivity index (χ2v) is 9.72. The fourth-order valence-electron chi connectivity index (χ4n) is 5.10. The first-order valence-corrected chi connectivity index (χ1v) is 12.5. The van der Waals surface area contributed by atoms with Crippen LogP contribution in [0.15, 0.2) is 48.2 Å². The van der Waals surface area contributed by atoms with Crippen LogP contribution in [0.25, 0.3) is 11.4 Å². The van der Waals surface area contributed by atoms with Gasteiger partial charge in [-0.3, -0.25) is 14.5 Å². The van der Waals surface area contributed by atoms with Crippen molar-refractivity contribution in [3.63, 3.8) is 0 Å². The molecule has 4 heterocycles. The number of imidazole rings is 1. The Labute approximate surface area is 214 Å². The highest BCUT2D eigenvalue weighted by atomic mass is 35.5. The molecule has 0 spiro atoms. The Morgan fingerprint density at radius 1 is 1.14 bits per heavy atom. The molecule has 2 fully saturated rings. The Morgan fingerprint density at radius 2 is 1.92 bits per heavy atom. The number of amides is 1. The number of aryl methyl sites for hydroxylation is 2. The zero-order valence-corrected chi connectivity index (χ0v) is 21.2. The molecule has 1 aromatic carbocycles. The molecule has 2 aromatic heterocycles. The van der Waals surface area contributed by atoms with Gasteiger partial charge in [0.15, 0.2) is 5.76 Å². The summed E-state index contributed by atoms with van der Waals surface area (Å²) in [6.07, 6.45) is 2.55. The van der Waals surface area contributed by atoms with Gasteiger partial charge in [0.05, 0.1) is 30.5 Å². The van der Waals surface area contributed by atoms with Gasteiger partial charge in [0.2, 0.25) is 0 Å². The van der Waals surface area contributed by atoms with E-state index in [0.29, 0.717) is 53.8 Å². The monoisotopic (exact) mass is 508 g/mol. The molecule has 1 N–H and O–H groups in total. The molecule has 8 nitrogen and oxygen atoms in total. The van der Waals surface area contributed by atoms with Gasteiger partial charge in [-0.25, -0.2) is 4.98 Å². The van der Waals surface area contributed by atoms with Crippen molar-refractivity contribution in [3.05, 3.63) is 75.7 Å². The van der Waals surface area contributed by atoms with Gasteiger partial charge < -0.3 is 19.1 Å². The molecule has 9 heteroatoms. The average molecular weight is 509 g/mol. The molecule has 2 aliphatic rings. The summed E-state index contributed by atoms with van der Waals surface area (Å²) in [5.74, 6) is -1.60. The minimum atomic E-state index is -0.751. The zero-order valence-electron chi connectivity index (χ0n) is 20.4. The summed E-state index contributed by atoms with van der Waals surface area (Å²) >= 11 is 6.29. The Balaban J connectivity index is 1.55. The number of rotatable bonds is 6. The van der Waals surface area contributed by atoms with Gasteiger partial charge in [0.25, 0.3) is 11.7 Å². The number of hydrogen-bond donors (Lipinski definition) is 1. The van der Waals surface area contributed by atoms with Crippen molar-refractivity contribution in [2.45, 2.75) is 26.3 Å². The van der Waals surface area contributed by atoms with Crippen molar-refractivity contribution in [1.29, 1.82) is 0 Å². The minimum absolute atomic E-state index is 0.0396. The summed E-state index contributed by atoms with van der Waals surface area (Å²) in [6.45, 7) is 8.03. The number of ketones is 1. The number of halogens is 1. The summed E-state index contributed by atoms with van der Waals surface area (Å²) in [5, 5.41) is 12.0. The normalized spacial score (nSPS) is 20.5. The Hall–Kier alpha value is -3.20. The van der Waals surface area contributed by atoms with Crippen LogP contribution in [-0.4, -0.2) is 75.4 Å². The van der Waals surface area contributed by atoms with Gasteiger partial charge in [0.1, 0.15) is 11.3 Å². The lowest BCUT2D eigenvalue weighted by molar-refractivity contribution is -0.140. The zero-order chi connectivity index (χ0) is 25.4. The first-order valence-electron chi connectivity index (χ1n) is 12.2. The molecule has 0 radical (unpaired) electrons. The summed E-state index contributed by atoms with van der Waals surface area (Å²) < 4.78 is 7.29. The molecule has 188 valence electrons. The molecule has 1 amide bonds. The number of hydrogen-bond acceptors (Lipinski definition) is 6. The van der Waals surface area contributed by atoms with Crippen molar-refractivity contribution in [1.82, 2.24) is 19.2 Å². The van der Waals surface area contributed by atoms with Gasteiger partial charge in [-0.1, -0.05) is 29.8 Å². The summed E-state index contributed by atoms with van der Waals surface area (Å²) in [5.41, 5.74) is 3.33. The van der Waals surface area contributed by atoms with Gasteiger partial charge in [0, 0.05) is 37.4 Å².